The van der Waals surface area contributed by atoms with Gasteiger partial charge < -0.3 is 14.6 Å². The van der Waals surface area contributed by atoms with E-state index in [4.69, 9.17) is 9.47 Å². The van der Waals surface area contributed by atoms with Crippen LogP contribution < -0.4 is 9.47 Å². The molecule has 1 fully saturated rings. The summed E-state index contributed by atoms with van der Waals surface area (Å²) in [5, 5.41) is 10.1. The molecule has 0 saturated heterocycles. The highest BCUT2D eigenvalue weighted by molar-refractivity contribution is 5.39. The molecule has 2 unspecified atom stereocenters. The summed E-state index contributed by atoms with van der Waals surface area (Å²) >= 11 is 0. The lowest BCUT2D eigenvalue weighted by molar-refractivity contribution is -0.0313. The summed E-state index contributed by atoms with van der Waals surface area (Å²) in [5.41, 5.74) is 0.228. The number of ether oxygens (including phenoxy) is 2. The predicted molar refractivity (Wildman–Crippen MR) is 71.0 cm³/mol. The molecule has 3 nitrogen and oxygen atoms in total. The van der Waals surface area contributed by atoms with Gasteiger partial charge in [0.15, 0.2) is 11.5 Å². The van der Waals surface area contributed by atoms with Gasteiger partial charge in [-0.05, 0) is 36.8 Å². The van der Waals surface area contributed by atoms with Crippen LogP contribution in [0.4, 0.5) is 0 Å². The van der Waals surface area contributed by atoms with Gasteiger partial charge in [-0.3, -0.25) is 0 Å². The van der Waals surface area contributed by atoms with E-state index in [1.54, 1.807) is 7.11 Å². The van der Waals surface area contributed by atoms with Crippen LogP contribution in [0.1, 0.15) is 33.1 Å². The van der Waals surface area contributed by atoms with Crippen molar-refractivity contribution >= 4 is 0 Å². The Morgan fingerprint density at radius 3 is 2.56 bits per heavy atom. The maximum absolute atomic E-state index is 10.1. The van der Waals surface area contributed by atoms with Crippen molar-refractivity contribution in [1.29, 1.82) is 0 Å². The lowest BCUT2D eigenvalue weighted by Gasteiger charge is -2.38. The average Bonchev–Trinajstić information content (AvgIpc) is 2.34. The zero-order valence-electron chi connectivity index (χ0n) is 11.3. The first kappa shape index (κ1) is 13.2. The lowest BCUT2D eigenvalue weighted by atomic mass is 9.75. The summed E-state index contributed by atoms with van der Waals surface area (Å²) in [6, 6.07) is 7.58. The van der Waals surface area contributed by atoms with Gasteiger partial charge in [0, 0.05) is 0 Å². The van der Waals surface area contributed by atoms with E-state index >= 15 is 0 Å². The summed E-state index contributed by atoms with van der Waals surface area (Å²) in [4.78, 5) is 0. The van der Waals surface area contributed by atoms with Crippen LogP contribution in [0.15, 0.2) is 24.3 Å². The van der Waals surface area contributed by atoms with Crippen molar-refractivity contribution in [3.8, 4) is 11.5 Å². The lowest BCUT2D eigenvalue weighted by Crippen LogP contribution is -2.41. The Bertz CT molecular complexity index is 400. The molecule has 0 aromatic heterocycles. The third-order valence-corrected chi connectivity index (χ3v) is 3.65. The molecule has 100 valence electrons. The average molecular weight is 250 g/mol. The third-order valence-electron chi connectivity index (χ3n) is 3.65. The van der Waals surface area contributed by atoms with Crippen LogP contribution in [-0.2, 0) is 0 Å². The number of aliphatic hydroxyl groups excluding tert-OH is 1. The summed E-state index contributed by atoms with van der Waals surface area (Å²) in [6.07, 6.45) is 2.17. The van der Waals surface area contributed by atoms with Crippen LogP contribution >= 0.6 is 0 Å². The van der Waals surface area contributed by atoms with Crippen molar-refractivity contribution in [1.82, 2.24) is 0 Å². The number of rotatable bonds is 3. The Balaban J connectivity index is 2.12. The molecular weight excluding hydrogens is 228 g/mol. The highest BCUT2D eigenvalue weighted by Crippen LogP contribution is 2.38. The minimum Gasteiger partial charge on any atom is -0.493 e. The Hall–Kier alpha value is -1.22. The van der Waals surface area contributed by atoms with E-state index in [2.05, 4.69) is 13.8 Å². The molecule has 1 saturated carbocycles. The van der Waals surface area contributed by atoms with Crippen molar-refractivity contribution in [3.63, 3.8) is 0 Å². The molecule has 2 atom stereocenters. The second-order valence-corrected chi connectivity index (χ2v) is 5.78. The highest BCUT2D eigenvalue weighted by Gasteiger charge is 2.35. The van der Waals surface area contributed by atoms with E-state index < -0.39 is 0 Å². The van der Waals surface area contributed by atoms with E-state index in [0.717, 1.165) is 19.3 Å². The van der Waals surface area contributed by atoms with E-state index in [1.807, 2.05) is 24.3 Å². The second-order valence-electron chi connectivity index (χ2n) is 5.78. The molecule has 1 aromatic rings. The fourth-order valence-corrected chi connectivity index (χ4v) is 2.51. The molecule has 0 aliphatic heterocycles. The zero-order valence-corrected chi connectivity index (χ0v) is 11.3. The first-order chi connectivity index (χ1) is 8.52. The molecule has 0 amide bonds. The summed E-state index contributed by atoms with van der Waals surface area (Å²) in [5.74, 6) is 1.43. The van der Waals surface area contributed by atoms with Gasteiger partial charge in [0.1, 0.15) is 6.10 Å². The molecular formula is C15H22O3. The standard InChI is InChI=1S/C15H22O3/c1-15(2)9-8-11(16)14(10-15)18-13-7-5-4-6-12(13)17-3/h4-7,11,14,16H,8-10H2,1-3H3. The molecule has 1 aliphatic rings. The fraction of sp³-hybridized carbons (Fsp3) is 0.600. The highest BCUT2D eigenvalue weighted by atomic mass is 16.5. The van der Waals surface area contributed by atoms with Gasteiger partial charge >= 0.3 is 0 Å². The first-order valence-corrected chi connectivity index (χ1v) is 6.49. The molecule has 2 rings (SSSR count). The maximum Gasteiger partial charge on any atom is 0.161 e. The number of aliphatic hydroxyl groups is 1. The van der Waals surface area contributed by atoms with Crippen LogP contribution in [0, 0.1) is 5.41 Å². The number of benzene rings is 1. The smallest absolute Gasteiger partial charge is 0.161 e. The fourth-order valence-electron chi connectivity index (χ4n) is 2.51. The zero-order chi connectivity index (χ0) is 13.2. The van der Waals surface area contributed by atoms with Gasteiger partial charge in [-0.1, -0.05) is 26.0 Å². The second kappa shape index (κ2) is 5.19. The summed E-state index contributed by atoms with van der Waals surface area (Å²) in [7, 11) is 1.63. The molecule has 18 heavy (non-hydrogen) atoms. The Morgan fingerprint density at radius 1 is 1.22 bits per heavy atom. The summed E-state index contributed by atoms with van der Waals surface area (Å²) in [6.45, 7) is 4.44. The molecule has 0 spiro atoms. The molecule has 1 N–H and O–H groups in total. The van der Waals surface area contributed by atoms with Gasteiger partial charge in [-0.2, -0.15) is 0 Å². The van der Waals surface area contributed by atoms with Gasteiger partial charge in [-0.25, -0.2) is 0 Å². The maximum atomic E-state index is 10.1. The Morgan fingerprint density at radius 2 is 1.89 bits per heavy atom. The quantitative estimate of drug-likeness (QED) is 0.896. The SMILES string of the molecule is COc1ccccc1OC1CC(C)(C)CCC1O. The molecule has 0 bridgehead atoms. The van der Waals surface area contributed by atoms with Crippen molar-refractivity contribution in [2.75, 3.05) is 7.11 Å². The normalized spacial score (nSPS) is 26.7. The first-order valence-electron chi connectivity index (χ1n) is 6.49. The topological polar surface area (TPSA) is 38.7 Å². The van der Waals surface area contributed by atoms with Gasteiger partial charge in [0.25, 0.3) is 0 Å². The van der Waals surface area contributed by atoms with Crippen molar-refractivity contribution < 1.29 is 14.6 Å². The van der Waals surface area contributed by atoms with Gasteiger partial charge in [0.2, 0.25) is 0 Å². The van der Waals surface area contributed by atoms with E-state index in [-0.39, 0.29) is 17.6 Å². The largest absolute Gasteiger partial charge is 0.493 e. The van der Waals surface area contributed by atoms with Crippen LogP contribution in [0.3, 0.4) is 0 Å². The molecule has 0 radical (unpaired) electrons. The minimum atomic E-state index is -0.386. The van der Waals surface area contributed by atoms with Crippen molar-refractivity contribution in [2.45, 2.75) is 45.3 Å². The van der Waals surface area contributed by atoms with E-state index in [0.29, 0.717) is 11.5 Å². The molecule has 3 heteroatoms. The van der Waals surface area contributed by atoms with Crippen molar-refractivity contribution in [2.24, 2.45) is 5.41 Å². The van der Waals surface area contributed by atoms with Crippen LogP contribution in [0.5, 0.6) is 11.5 Å². The van der Waals surface area contributed by atoms with Crippen LogP contribution in [-0.4, -0.2) is 24.4 Å². The van der Waals surface area contributed by atoms with Crippen LogP contribution in [0.25, 0.3) is 0 Å². The van der Waals surface area contributed by atoms with E-state index in [9.17, 15) is 5.11 Å². The number of para-hydroxylation sites is 2. The van der Waals surface area contributed by atoms with Gasteiger partial charge in [0.05, 0.1) is 13.2 Å². The Labute approximate surface area is 109 Å². The van der Waals surface area contributed by atoms with E-state index in [1.165, 1.54) is 0 Å². The Kier molecular flexibility index (Phi) is 3.81. The summed E-state index contributed by atoms with van der Waals surface area (Å²) < 4.78 is 11.2. The van der Waals surface area contributed by atoms with Crippen molar-refractivity contribution in [3.05, 3.63) is 24.3 Å². The molecule has 0 heterocycles. The molecule has 1 aromatic carbocycles. The predicted octanol–water partition coefficient (Wildman–Crippen LogP) is 3.01. The third kappa shape index (κ3) is 2.96. The number of hydrogen-bond acceptors (Lipinski definition) is 3. The molecule has 1 aliphatic carbocycles. The van der Waals surface area contributed by atoms with Gasteiger partial charge in [-0.15, -0.1) is 0 Å². The number of methoxy groups -OCH3 is 1. The number of hydrogen-bond donors (Lipinski definition) is 1. The minimum absolute atomic E-state index is 0.148. The monoisotopic (exact) mass is 250 g/mol. The van der Waals surface area contributed by atoms with Crippen LogP contribution in [0.2, 0.25) is 0 Å².